The molecule has 1 saturated heterocycles. The number of hydrogen-bond donors (Lipinski definition) is 1. The molecule has 0 radical (unpaired) electrons. The summed E-state index contributed by atoms with van der Waals surface area (Å²) in [6.07, 6.45) is 3.81. The van der Waals surface area contributed by atoms with E-state index in [4.69, 9.17) is 10.5 Å². The molecule has 1 amide bonds. The van der Waals surface area contributed by atoms with E-state index in [1.54, 1.807) is 0 Å². The molecule has 0 unspecified atom stereocenters. The molecule has 4 nitrogen and oxygen atoms in total. The number of piperidine rings is 1. The summed E-state index contributed by atoms with van der Waals surface area (Å²) in [4.78, 5) is 13.7. The smallest absolute Gasteiger partial charge is 0.218 e. The first-order valence-electron chi connectivity index (χ1n) is 8.99. The number of rotatable bonds is 7. The minimum absolute atomic E-state index is 0.217. The minimum Gasteiger partial charge on any atom is -0.489 e. The zero-order chi connectivity index (χ0) is 17.5. The van der Waals surface area contributed by atoms with Gasteiger partial charge in [0, 0.05) is 24.6 Å². The maximum Gasteiger partial charge on any atom is 0.218 e. The van der Waals surface area contributed by atoms with Crippen molar-refractivity contribution in [3.05, 3.63) is 65.7 Å². The van der Waals surface area contributed by atoms with Crippen molar-refractivity contribution in [2.75, 3.05) is 6.54 Å². The number of likely N-dealkylation sites (tertiary alicyclic amines) is 1. The summed E-state index contributed by atoms with van der Waals surface area (Å²) in [6, 6.07) is 18.6. The predicted molar refractivity (Wildman–Crippen MR) is 99.1 cm³/mol. The number of carbonyl (C=O) groups is 1. The lowest BCUT2D eigenvalue weighted by Gasteiger charge is -2.35. The van der Waals surface area contributed by atoms with Crippen molar-refractivity contribution in [1.82, 2.24) is 4.90 Å². The number of hydrogen-bond acceptors (Lipinski definition) is 3. The minimum atomic E-state index is -0.217. The summed E-state index contributed by atoms with van der Waals surface area (Å²) in [5, 5.41) is 0. The van der Waals surface area contributed by atoms with Crippen molar-refractivity contribution in [2.45, 2.75) is 44.9 Å². The molecule has 4 heteroatoms. The van der Waals surface area contributed by atoms with Gasteiger partial charge in [-0.25, -0.2) is 0 Å². The monoisotopic (exact) mass is 338 g/mol. The first-order valence-corrected chi connectivity index (χ1v) is 8.99. The van der Waals surface area contributed by atoms with Gasteiger partial charge in [-0.2, -0.15) is 0 Å². The van der Waals surface area contributed by atoms with Gasteiger partial charge in [-0.3, -0.25) is 9.69 Å². The highest BCUT2D eigenvalue weighted by atomic mass is 16.5. The van der Waals surface area contributed by atoms with Crippen molar-refractivity contribution < 1.29 is 9.53 Å². The zero-order valence-corrected chi connectivity index (χ0v) is 14.6. The molecule has 2 aromatic carbocycles. The van der Waals surface area contributed by atoms with E-state index in [0.717, 1.165) is 36.4 Å². The number of ether oxygens (including phenoxy) is 1. The number of benzene rings is 2. The molecule has 0 spiro atoms. The van der Waals surface area contributed by atoms with Gasteiger partial charge < -0.3 is 10.5 Å². The zero-order valence-electron chi connectivity index (χ0n) is 14.6. The summed E-state index contributed by atoms with van der Waals surface area (Å²) in [5.74, 6) is 0.695. The maximum atomic E-state index is 11.4. The standard InChI is InChI=1S/C21H26N2O2/c22-21(24)14-19-11-6-7-13-23(19)15-18-10-4-5-12-20(18)25-16-17-8-2-1-3-9-17/h1-5,8-10,12,19H,6-7,11,13-16H2,(H2,22,24)/t19-/m1/s1. The molecule has 1 atom stereocenters. The van der Waals surface area contributed by atoms with Gasteiger partial charge >= 0.3 is 0 Å². The van der Waals surface area contributed by atoms with Gasteiger partial charge in [0.05, 0.1) is 0 Å². The van der Waals surface area contributed by atoms with E-state index in [-0.39, 0.29) is 11.9 Å². The number of amides is 1. The van der Waals surface area contributed by atoms with Crippen LogP contribution in [0.1, 0.15) is 36.8 Å². The number of primary amides is 1. The van der Waals surface area contributed by atoms with Crippen LogP contribution in [-0.2, 0) is 17.9 Å². The Morgan fingerprint density at radius 3 is 2.64 bits per heavy atom. The predicted octanol–water partition coefficient (Wildman–Crippen LogP) is 3.50. The lowest BCUT2D eigenvalue weighted by atomic mass is 9.98. The highest BCUT2D eigenvalue weighted by Crippen LogP contribution is 2.26. The van der Waals surface area contributed by atoms with Crippen molar-refractivity contribution in [2.24, 2.45) is 5.73 Å². The average molecular weight is 338 g/mol. The van der Waals surface area contributed by atoms with Gasteiger partial charge in [0.25, 0.3) is 0 Å². The third kappa shape index (κ3) is 5.07. The molecule has 0 aliphatic carbocycles. The molecule has 1 heterocycles. The molecule has 25 heavy (non-hydrogen) atoms. The highest BCUT2D eigenvalue weighted by Gasteiger charge is 2.24. The Morgan fingerprint density at radius 1 is 1.08 bits per heavy atom. The normalized spacial score (nSPS) is 18.0. The molecular formula is C21H26N2O2. The van der Waals surface area contributed by atoms with Crippen LogP contribution in [0.3, 0.4) is 0 Å². The van der Waals surface area contributed by atoms with Crippen LogP contribution in [0.4, 0.5) is 0 Å². The Morgan fingerprint density at radius 2 is 1.84 bits per heavy atom. The van der Waals surface area contributed by atoms with Crippen LogP contribution in [-0.4, -0.2) is 23.4 Å². The van der Waals surface area contributed by atoms with Crippen LogP contribution < -0.4 is 10.5 Å². The Kier molecular flexibility index (Phi) is 6.07. The Hall–Kier alpha value is -2.33. The second-order valence-corrected chi connectivity index (χ2v) is 6.67. The largest absolute Gasteiger partial charge is 0.489 e. The van der Waals surface area contributed by atoms with Crippen molar-refractivity contribution in [3.63, 3.8) is 0 Å². The Labute approximate surface area is 149 Å². The molecule has 0 aromatic heterocycles. The van der Waals surface area contributed by atoms with Crippen molar-refractivity contribution in [1.29, 1.82) is 0 Å². The lowest BCUT2D eigenvalue weighted by molar-refractivity contribution is -0.119. The molecule has 2 N–H and O–H groups in total. The van der Waals surface area contributed by atoms with E-state index in [0.29, 0.717) is 13.0 Å². The van der Waals surface area contributed by atoms with Gasteiger partial charge in [0.2, 0.25) is 5.91 Å². The summed E-state index contributed by atoms with van der Waals surface area (Å²) in [5.41, 5.74) is 7.75. The Bertz CT molecular complexity index is 687. The molecule has 132 valence electrons. The van der Waals surface area contributed by atoms with E-state index in [9.17, 15) is 4.79 Å². The number of para-hydroxylation sites is 1. The first-order chi connectivity index (χ1) is 12.2. The van der Waals surface area contributed by atoms with Crippen LogP contribution in [0, 0.1) is 0 Å². The second kappa shape index (κ2) is 8.67. The fraction of sp³-hybridized carbons (Fsp3) is 0.381. The van der Waals surface area contributed by atoms with E-state index in [1.165, 1.54) is 12.8 Å². The van der Waals surface area contributed by atoms with Gasteiger partial charge in [0.15, 0.2) is 0 Å². The third-order valence-corrected chi connectivity index (χ3v) is 4.77. The summed E-state index contributed by atoms with van der Waals surface area (Å²) >= 11 is 0. The molecule has 2 aromatic rings. The number of nitrogens with zero attached hydrogens (tertiary/aromatic N) is 1. The lowest BCUT2D eigenvalue weighted by Crippen LogP contribution is -2.41. The van der Waals surface area contributed by atoms with E-state index in [1.807, 2.05) is 36.4 Å². The number of carbonyl (C=O) groups excluding carboxylic acids is 1. The number of nitrogens with two attached hydrogens (primary N) is 1. The first kappa shape index (κ1) is 17.5. The van der Waals surface area contributed by atoms with Gasteiger partial charge in [-0.1, -0.05) is 55.0 Å². The summed E-state index contributed by atoms with van der Waals surface area (Å²) in [6.45, 7) is 2.36. The average Bonchev–Trinajstić information content (AvgIpc) is 2.63. The topological polar surface area (TPSA) is 55.6 Å². The Balaban J connectivity index is 1.68. The van der Waals surface area contributed by atoms with Crippen LogP contribution in [0.5, 0.6) is 5.75 Å². The third-order valence-electron chi connectivity index (χ3n) is 4.77. The van der Waals surface area contributed by atoms with Crippen LogP contribution in [0.2, 0.25) is 0 Å². The molecule has 1 aliphatic heterocycles. The van der Waals surface area contributed by atoms with E-state index >= 15 is 0 Å². The molecule has 0 saturated carbocycles. The molecule has 1 aliphatic rings. The van der Waals surface area contributed by atoms with Crippen molar-refractivity contribution in [3.8, 4) is 5.75 Å². The molecule has 1 fully saturated rings. The van der Waals surface area contributed by atoms with Crippen molar-refractivity contribution >= 4 is 5.91 Å². The van der Waals surface area contributed by atoms with Gasteiger partial charge in [0.1, 0.15) is 12.4 Å². The van der Waals surface area contributed by atoms with Crippen LogP contribution >= 0.6 is 0 Å². The summed E-state index contributed by atoms with van der Waals surface area (Å²) < 4.78 is 6.06. The van der Waals surface area contributed by atoms with E-state index in [2.05, 4.69) is 23.1 Å². The quantitative estimate of drug-likeness (QED) is 0.841. The SMILES string of the molecule is NC(=O)C[C@H]1CCCCN1Cc1ccccc1OCc1ccccc1. The van der Waals surface area contributed by atoms with Crippen LogP contribution in [0.25, 0.3) is 0 Å². The molecular weight excluding hydrogens is 312 g/mol. The fourth-order valence-corrected chi connectivity index (χ4v) is 3.46. The van der Waals surface area contributed by atoms with E-state index < -0.39 is 0 Å². The molecule has 3 rings (SSSR count). The molecule has 0 bridgehead atoms. The van der Waals surface area contributed by atoms with Gasteiger partial charge in [-0.05, 0) is 31.0 Å². The van der Waals surface area contributed by atoms with Crippen LogP contribution in [0.15, 0.2) is 54.6 Å². The highest BCUT2D eigenvalue weighted by molar-refractivity contribution is 5.74. The summed E-state index contributed by atoms with van der Waals surface area (Å²) in [7, 11) is 0. The second-order valence-electron chi connectivity index (χ2n) is 6.67. The maximum absolute atomic E-state index is 11.4. The van der Waals surface area contributed by atoms with Gasteiger partial charge in [-0.15, -0.1) is 0 Å². The fourth-order valence-electron chi connectivity index (χ4n) is 3.46.